The Bertz CT molecular complexity index is 965. The third-order valence-corrected chi connectivity index (χ3v) is 4.99. The smallest absolute Gasteiger partial charge is 0.349 e. The van der Waals surface area contributed by atoms with Crippen LogP contribution in [-0.4, -0.2) is 12.6 Å². The van der Waals surface area contributed by atoms with Crippen molar-refractivity contribution in [3.63, 3.8) is 0 Å². The zero-order valence-corrected chi connectivity index (χ0v) is 17.2. The minimum absolute atomic E-state index is 0.142. The molecule has 0 heterocycles. The Labute approximate surface area is 168 Å². The van der Waals surface area contributed by atoms with Gasteiger partial charge in [0.2, 0.25) is 0 Å². The Balaban J connectivity index is 1.66. The Morgan fingerprint density at radius 2 is 1.63 bits per heavy atom. The number of rotatable bonds is 5. The van der Waals surface area contributed by atoms with Crippen molar-refractivity contribution in [2.45, 2.75) is 20.8 Å². The number of esters is 1. The fourth-order valence-electron chi connectivity index (χ4n) is 2.83. The zero-order valence-electron chi connectivity index (χ0n) is 15.6. The van der Waals surface area contributed by atoms with Crippen molar-refractivity contribution in [3.8, 4) is 22.6 Å². The number of hydrogen-bond acceptors (Lipinski definition) is 3. The van der Waals surface area contributed by atoms with E-state index in [2.05, 4.69) is 22.0 Å². The molecule has 3 nitrogen and oxygen atoms in total. The summed E-state index contributed by atoms with van der Waals surface area (Å²) in [5.41, 5.74) is 5.41. The lowest BCUT2D eigenvalue weighted by Gasteiger charge is -2.13. The van der Waals surface area contributed by atoms with E-state index in [0.29, 0.717) is 11.5 Å². The second-order valence-electron chi connectivity index (χ2n) is 6.48. The Morgan fingerprint density at radius 3 is 2.33 bits per heavy atom. The minimum Gasteiger partial charge on any atom is -0.482 e. The van der Waals surface area contributed by atoms with Gasteiger partial charge in [-0.15, -0.1) is 0 Å². The first-order valence-corrected chi connectivity index (χ1v) is 9.49. The Hall–Kier alpha value is -2.59. The van der Waals surface area contributed by atoms with E-state index < -0.39 is 5.97 Å². The summed E-state index contributed by atoms with van der Waals surface area (Å²) in [7, 11) is 0. The molecule has 0 spiro atoms. The highest BCUT2D eigenvalue weighted by atomic mass is 79.9. The van der Waals surface area contributed by atoms with Gasteiger partial charge in [0.15, 0.2) is 6.61 Å². The normalized spacial score (nSPS) is 10.5. The summed E-state index contributed by atoms with van der Waals surface area (Å²) in [4.78, 5) is 12.2. The fourth-order valence-corrected chi connectivity index (χ4v) is 3.29. The van der Waals surface area contributed by atoms with E-state index in [4.69, 9.17) is 9.47 Å². The second kappa shape index (κ2) is 8.40. The molecule has 0 aromatic heterocycles. The SMILES string of the molecule is Cc1cc(C)c(C)c(OCC(=O)Oc2ccc(-c3ccccc3)cc2Br)c1. The highest BCUT2D eigenvalue weighted by Gasteiger charge is 2.12. The van der Waals surface area contributed by atoms with E-state index in [0.717, 1.165) is 32.3 Å². The number of ether oxygens (including phenoxy) is 2. The van der Waals surface area contributed by atoms with Crippen LogP contribution in [0.2, 0.25) is 0 Å². The number of aryl methyl sites for hydroxylation is 2. The van der Waals surface area contributed by atoms with Gasteiger partial charge in [-0.1, -0.05) is 42.5 Å². The predicted octanol–water partition coefficient (Wildman–Crippen LogP) is 6.03. The topological polar surface area (TPSA) is 35.5 Å². The van der Waals surface area contributed by atoms with Crippen LogP contribution in [0.4, 0.5) is 0 Å². The first kappa shape index (κ1) is 19.2. The lowest BCUT2D eigenvalue weighted by Crippen LogP contribution is -2.18. The Kier molecular flexibility index (Phi) is 5.97. The molecule has 0 N–H and O–H groups in total. The average molecular weight is 425 g/mol. The third kappa shape index (κ3) is 4.77. The fraction of sp³-hybridized carbons (Fsp3) is 0.174. The van der Waals surface area contributed by atoms with Crippen LogP contribution < -0.4 is 9.47 Å². The molecule has 0 aliphatic heterocycles. The number of carbonyl (C=O) groups is 1. The third-order valence-electron chi connectivity index (χ3n) is 4.37. The molecule has 3 aromatic carbocycles. The highest BCUT2D eigenvalue weighted by Crippen LogP contribution is 2.31. The number of halogens is 1. The molecule has 138 valence electrons. The molecule has 0 atom stereocenters. The largest absolute Gasteiger partial charge is 0.482 e. The van der Waals surface area contributed by atoms with E-state index in [1.165, 1.54) is 0 Å². The van der Waals surface area contributed by atoms with Crippen LogP contribution in [0.1, 0.15) is 16.7 Å². The number of hydrogen-bond donors (Lipinski definition) is 0. The summed E-state index contributed by atoms with van der Waals surface area (Å²) < 4.78 is 11.8. The molecular weight excluding hydrogens is 404 g/mol. The molecule has 0 aliphatic rings. The van der Waals surface area contributed by atoms with E-state index in [1.807, 2.05) is 69.3 Å². The maximum Gasteiger partial charge on any atom is 0.349 e. The molecule has 3 rings (SSSR count). The lowest BCUT2D eigenvalue weighted by molar-refractivity contribution is -0.136. The van der Waals surface area contributed by atoms with Crippen LogP contribution in [0.5, 0.6) is 11.5 Å². The van der Waals surface area contributed by atoms with Crippen molar-refractivity contribution < 1.29 is 14.3 Å². The van der Waals surface area contributed by atoms with Gasteiger partial charge in [0.05, 0.1) is 4.47 Å². The minimum atomic E-state index is -0.443. The molecule has 0 unspecified atom stereocenters. The predicted molar refractivity (Wildman–Crippen MR) is 111 cm³/mol. The first-order valence-electron chi connectivity index (χ1n) is 8.70. The van der Waals surface area contributed by atoms with Crippen molar-refractivity contribution in [1.82, 2.24) is 0 Å². The molecule has 0 saturated heterocycles. The van der Waals surface area contributed by atoms with Gasteiger partial charge in [0.1, 0.15) is 11.5 Å². The van der Waals surface area contributed by atoms with Crippen molar-refractivity contribution in [2.75, 3.05) is 6.61 Å². The number of benzene rings is 3. The van der Waals surface area contributed by atoms with Gasteiger partial charge < -0.3 is 9.47 Å². The van der Waals surface area contributed by atoms with E-state index >= 15 is 0 Å². The molecule has 0 saturated carbocycles. The van der Waals surface area contributed by atoms with Crippen molar-refractivity contribution in [1.29, 1.82) is 0 Å². The van der Waals surface area contributed by atoms with Crippen LogP contribution in [0.25, 0.3) is 11.1 Å². The standard InChI is InChI=1S/C23H21BrO3/c1-15-11-16(2)17(3)22(12-15)26-14-23(25)27-21-10-9-19(13-20(21)24)18-7-5-4-6-8-18/h4-13H,14H2,1-3H3. The van der Waals surface area contributed by atoms with Gasteiger partial charge in [-0.05, 0) is 82.7 Å². The monoisotopic (exact) mass is 424 g/mol. The summed E-state index contributed by atoms with van der Waals surface area (Å²) in [6.45, 7) is 5.87. The Morgan fingerprint density at radius 1 is 0.889 bits per heavy atom. The lowest BCUT2D eigenvalue weighted by atomic mass is 10.1. The van der Waals surface area contributed by atoms with Crippen molar-refractivity contribution >= 4 is 21.9 Å². The molecule has 0 radical (unpaired) electrons. The van der Waals surface area contributed by atoms with E-state index in [9.17, 15) is 4.79 Å². The molecule has 0 fully saturated rings. The van der Waals surface area contributed by atoms with E-state index in [-0.39, 0.29) is 6.61 Å². The van der Waals surface area contributed by atoms with Gasteiger partial charge in [-0.3, -0.25) is 0 Å². The van der Waals surface area contributed by atoms with Crippen LogP contribution in [0.3, 0.4) is 0 Å². The molecule has 0 amide bonds. The maximum atomic E-state index is 12.2. The summed E-state index contributed by atoms with van der Waals surface area (Å²) in [5.74, 6) is 0.741. The number of carbonyl (C=O) groups excluding carboxylic acids is 1. The van der Waals surface area contributed by atoms with Gasteiger partial charge in [0, 0.05) is 0 Å². The molecule has 0 bridgehead atoms. The van der Waals surface area contributed by atoms with Gasteiger partial charge >= 0.3 is 5.97 Å². The first-order chi connectivity index (χ1) is 12.9. The molecular formula is C23H21BrO3. The van der Waals surface area contributed by atoms with Crippen LogP contribution >= 0.6 is 15.9 Å². The van der Waals surface area contributed by atoms with E-state index in [1.54, 1.807) is 6.07 Å². The van der Waals surface area contributed by atoms with Crippen LogP contribution in [-0.2, 0) is 4.79 Å². The van der Waals surface area contributed by atoms with Crippen LogP contribution in [0, 0.1) is 20.8 Å². The van der Waals surface area contributed by atoms with Gasteiger partial charge in [-0.25, -0.2) is 4.79 Å². The molecule has 3 aromatic rings. The molecule has 0 aliphatic carbocycles. The van der Waals surface area contributed by atoms with Crippen molar-refractivity contribution in [2.24, 2.45) is 0 Å². The summed E-state index contributed by atoms with van der Waals surface area (Å²) >= 11 is 3.48. The van der Waals surface area contributed by atoms with Gasteiger partial charge in [-0.2, -0.15) is 0 Å². The highest BCUT2D eigenvalue weighted by molar-refractivity contribution is 9.10. The average Bonchev–Trinajstić information content (AvgIpc) is 2.66. The van der Waals surface area contributed by atoms with Crippen LogP contribution in [0.15, 0.2) is 65.1 Å². The summed E-state index contributed by atoms with van der Waals surface area (Å²) in [6.07, 6.45) is 0. The summed E-state index contributed by atoms with van der Waals surface area (Å²) in [6, 6.07) is 19.7. The zero-order chi connectivity index (χ0) is 19.4. The quantitative estimate of drug-likeness (QED) is 0.370. The van der Waals surface area contributed by atoms with Crippen molar-refractivity contribution in [3.05, 3.63) is 81.8 Å². The molecule has 4 heteroatoms. The summed E-state index contributed by atoms with van der Waals surface area (Å²) in [5, 5.41) is 0. The second-order valence-corrected chi connectivity index (χ2v) is 7.33. The van der Waals surface area contributed by atoms with Gasteiger partial charge in [0.25, 0.3) is 0 Å². The maximum absolute atomic E-state index is 12.2. The molecule has 27 heavy (non-hydrogen) atoms.